The van der Waals surface area contributed by atoms with E-state index in [0.717, 1.165) is 12.1 Å². The third-order valence-corrected chi connectivity index (χ3v) is 3.11. The quantitative estimate of drug-likeness (QED) is 0.804. The van der Waals surface area contributed by atoms with E-state index in [0.29, 0.717) is 5.56 Å². The fraction of sp³-hybridized carbons (Fsp3) is 0.0625. The lowest BCUT2D eigenvalue weighted by Gasteiger charge is -2.03. The maximum atomic E-state index is 13.5. The van der Waals surface area contributed by atoms with Gasteiger partial charge in [0.25, 0.3) is 0 Å². The van der Waals surface area contributed by atoms with Gasteiger partial charge < -0.3 is 9.84 Å². The van der Waals surface area contributed by atoms with Crippen molar-refractivity contribution in [3.05, 3.63) is 71.6 Å². The van der Waals surface area contributed by atoms with E-state index in [9.17, 15) is 13.6 Å². The summed E-state index contributed by atoms with van der Waals surface area (Å²) in [6.07, 6.45) is 0. The Morgan fingerprint density at radius 3 is 2.65 bits per heavy atom. The molecule has 0 aliphatic rings. The molecule has 2 aromatic carbocycles. The van der Waals surface area contributed by atoms with Crippen LogP contribution in [0.25, 0.3) is 11.4 Å². The number of carbonyl (C=O) groups excluding carboxylic acids is 1. The molecule has 0 aliphatic heterocycles. The lowest BCUT2D eigenvalue weighted by molar-refractivity contribution is 0.0906. The third kappa shape index (κ3) is 3.39. The van der Waals surface area contributed by atoms with Gasteiger partial charge in [0.05, 0.1) is 0 Å². The molecule has 0 saturated carbocycles. The third-order valence-electron chi connectivity index (χ3n) is 3.11. The molecule has 23 heavy (non-hydrogen) atoms. The van der Waals surface area contributed by atoms with Crippen molar-refractivity contribution in [2.24, 2.45) is 0 Å². The molecule has 0 spiro atoms. The summed E-state index contributed by atoms with van der Waals surface area (Å²) >= 11 is 0. The van der Waals surface area contributed by atoms with Crippen LogP contribution >= 0.6 is 0 Å². The molecule has 0 atom stereocenters. The van der Waals surface area contributed by atoms with Gasteiger partial charge in [0.1, 0.15) is 11.6 Å². The standard InChI is InChI=1S/C16H11F2N3O2/c17-12-7-6-11(13(18)8-12)9-19-15(22)16-20-14(21-23-16)10-4-2-1-3-5-10/h1-8H,9H2,(H,19,22). The van der Waals surface area contributed by atoms with E-state index in [4.69, 9.17) is 4.52 Å². The maximum absolute atomic E-state index is 13.5. The van der Waals surface area contributed by atoms with Gasteiger partial charge in [-0.05, 0) is 6.07 Å². The molecule has 3 aromatic rings. The Hall–Kier alpha value is -3.09. The molecule has 1 heterocycles. The zero-order chi connectivity index (χ0) is 16.2. The summed E-state index contributed by atoms with van der Waals surface area (Å²) < 4.78 is 31.2. The first-order valence-electron chi connectivity index (χ1n) is 6.75. The monoisotopic (exact) mass is 315 g/mol. The minimum atomic E-state index is -0.735. The van der Waals surface area contributed by atoms with Crippen LogP contribution in [-0.2, 0) is 6.54 Å². The van der Waals surface area contributed by atoms with Crippen molar-refractivity contribution in [2.75, 3.05) is 0 Å². The molecule has 1 N–H and O–H groups in total. The van der Waals surface area contributed by atoms with Crippen molar-refractivity contribution >= 4 is 5.91 Å². The van der Waals surface area contributed by atoms with Crippen LogP contribution in [0.4, 0.5) is 8.78 Å². The number of rotatable bonds is 4. The number of amides is 1. The normalized spacial score (nSPS) is 10.5. The highest BCUT2D eigenvalue weighted by molar-refractivity contribution is 5.89. The summed E-state index contributed by atoms with van der Waals surface area (Å²) in [4.78, 5) is 15.9. The average molecular weight is 315 g/mol. The van der Waals surface area contributed by atoms with Gasteiger partial charge in [-0.25, -0.2) is 8.78 Å². The SMILES string of the molecule is O=C(NCc1ccc(F)cc1F)c1nc(-c2ccccc2)no1. The van der Waals surface area contributed by atoms with Crippen LogP contribution in [0.5, 0.6) is 0 Å². The number of carbonyl (C=O) groups is 1. The van der Waals surface area contributed by atoms with E-state index < -0.39 is 17.5 Å². The smallest absolute Gasteiger partial charge is 0.316 e. The molecular weight excluding hydrogens is 304 g/mol. The molecule has 1 amide bonds. The Morgan fingerprint density at radius 1 is 1.13 bits per heavy atom. The van der Waals surface area contributed by atoms with Gasteiger partial charge in [-0.2, -0.15) is 4.98 Å². The molecule has 116 valence electrons. The summed E-state index contributed by atoms with van der Waals surface area (Å²) in [5, 5.41) is 6.16. The average Bonchev–Trinajstić information content (AvgIpc) is 3.05. The Bertz CT molecular complexity index is 834. The summed E-state index contributed by atoms with van der Waals surface area (Å²) in [5.74, 6) is -2.00. The van der Waals surface area contributed by atoms with Crippen LogP contribution in [-0.4, -0.2) is 16.0 Å². The summed E-state index contributed by atoms with van der Waals surface area (Å²) in [6.45, 7) is -0.117. The van der Waals surface area contributed by atoms with Crippen LogP contribution in [0.2, 0.25) is 0 Å². The molecular formula is C16H11F2N3O2. The van der Waals surface area contributed by atoms with E-state index in [-0.39, 0.29) is 23.8 Å². The topological polar surface area (TPSA) is 68.0 Å². The van der Waals surface area contributed by atoms with Gasteiger partial charge in [0.2, 0.25) is 5.82 Å². The summed E-state index contributed by atoms with van der Waals surface area (Å²) in [5.41, 5.74) is 0.863. The van der Waals surface area contributed by atoms with Gasteiger partial charge in [0, 0.05) is 23.7 Å². The van der Waals surface area contributed by atoms with Crippen LogP contribution in [0.1, 0.15) is 16.2 Å². The Balaban J connectivity index is 1.68. The van der Waals surface area contributed by atoms with Crippen molar-refractivity contribution in [1.29, 1.82) is 0 Å². The van der Waals surface area contributed by atoms with E-state index >= 15 is 0 Å². The lowest BCUT2D eigenvalue weighted by atomic mass is 10.2. The van der Waals surface area contributed by atoms with Gasteiger partial charge in [-0.15, -0.1) is 0 Å². The largest absolute Gasteiger partial charge is 0.344 e. The Labute approximate surface area is 130 Å². The van der Waals surface area contributed by atoms with Crippen molar-refractivity contribution < 1.29 is 18.1 Å². The van der Waals surface area contributed by atoms with Gasteiger partial charge in [-0.3, -0.25) is 4.79 Å². The molecule has 0 radical (unpaired) electrons. The number of halogens is 2. The van der Waals surface area contributed by atoms with Crippen LogP contribution in [0.3, 0.4) is 0 Å². The predicted octanol–water partition coefficient (Wildman–Crippen LogP) is 2.94. The number of nitrogens with one attached hydrogen (secondary N) is 1. The highest BCUT2D eigenvalue weighted by atomic mass is 19.1. The molecule has 1 aromatic heterocycles. The van der Waals surface area contributed by atoms with Crippen LogP contribution in [0.15, 0.2) is 53.1 Å². The second-order valence-electron chi connectivity index (χ2n) is 4.71. The first kappa shape index (κ1) is 14.8. The zero-order valence-corrected chi connectivity index (χ0v) is 11.8. The minimum Gasteiger partial charge on any atom is -0.344 e. The highest BCUT2D eigenvalue weighted by Crippen LogP contribution is 2.15. The van der Waals surface area contributed by atoms with E-state index in [2.05, 4.69) is 15.5 Å². The number of hydrogen-bond acceptors (Lipinski definition) is 4. The molecule has 0 saturated heterocycles. The molecule has 3 rings (SSSR count). The lowest BCUT2D eigenvalue weighted by Crippen LogP contribution is -2.23. The zero-order valence-electron chi connectivity index (χ0n) is 11.8. The van der Waals surface area contributed by atoms with E-state index in [1.807, 2.05) is 18.2 Å². The van der Waals surface area contributed by atoms with E-state index in [1.54, 1.807) is 12.1 Å². The first-order chi connectivity index (χ1) is 11.1. The molecule has 5 nitrogen and oxygen atoms in total. The maximum Gasteiger partial charge on any atom is 0.316 e. The molecule has 0 unspecified atom stereocenters. The Kier molecular flexibility index (Phi) is 4.09. The molecule has 0 aliphatic carbocycles. The highest BCUT2D eigenvalue weighted by Gasteiger charge is 2.16. The van der Waals surface area contributed by atoms with E-state index in [1.165, 1.54) is 6.07 Å². The van der Waals surface area contributed by atoms with Crippen LogP contribution < -0.4 is 5.32 Å². The van der Waals surface area contributed by atoms with Crippen molar-refractivity contribution in [1.82, 2.24) is 15.5 Å². The minimum absolute atomic E-state index is 0.117. The number of aromatic nitrogens is 2. The fourth-order valence-corrected chi connectivity index (χ4v) is 1.94. The van der Waals surface area contributed by atoms with Gasteiger partial charge in [0.15, 0.2) is 0 Å². The summed E-state index contributed by atoms with van der Waals surface area (Å²) in [6, 6.07) is 12.1. The van der Waals surface area contributed by atoms with Crippen LogP contribution in [0, 0.1) is 11.6 Å². The number of benzene rings is 2. The molecule has 0 bridgehead atoms. The van der Waals surface area contributed by atoms with Crippen molar-refractivity contribution in [3.8, 4) is 11.4 Å². The van der Waals surface area contributed by atoms with Gasteiger partial charge >= 0.3 is 11.8 Å². The molecule has 0 fully saturated rings. The second-order valence-corrected chi connectivity index (χ2v) is 4.71. The fourth-order valence-electron chi connectivity index (χ4n) is 1.94. The second kappa shape index (κ2) is 6.35. The number of hydrogen-bond donors (Lipinski definition) is 1. The number of nitrogens with zero attached hydrogens (tertiary/aromatic N) is 2. The summed E-state index contributed by atoms with van der Waals surface area (Å²) in [7, 11) is 0. The molecule has 7 heteroatoms. The van der Waals surface area contributed by atoms with Gasteiger partial charge in [-0.1, -0.05) is 41.6 Å². The van der Waals surface area contributed by atoms with Crippen molar-refractivity contribution in [3.63, 3.8) is 0 Å². The first-order valence-corrected chi connectivity index (χ1v) is 6.75. The predicted molar refractivity (Wildman–Crippen MR) is 77.3 cm³/mol. The Morgan fingerprint density at radius 2 is 1.91 bits per heavy atom. The van der Waals surface area contributed by atoms with Crippen molar-refractivity contribution in [2.45, 2.75) is 6.54 Å².